The largest absolute Gasteiger partial charge is 0.478 e. The average Bonchev–Trinajstić information content (AvgIpc) is 2.47. The van der Waals surface area contributed by atoms with Crippen LogP contribution in [0.4, 0.5) is 0 Å². The highest BCUT2D eigenvalue weighted by molar-refractivity contribution is 14.1. The highest BCUT2D eigenvalue weighted by Crippen LogP contribution is 2.23. The van der Waals surface area contributed by atoms with Gasteiger partial charge in [-0.2, -0.15) is 4.31 Å². The van der Waals surface area contributed by atoms with E-state index in [0.29, 0.717) is 3.57 Å². The Balaban J connectivity index is 2.34. The fourth-order valence-electron chi connectivity index (χ4n) is 2.36. The predicted molar refractivity (Wildman–Crippen MR) is 87.0 cm³/mol. The standard InChI is InChI=1S/C13H17IN2O4S/c1-16(9-4-6-15-7-5-9)21(19,20)10-2-3-12(14)11(8-10)13(17)18/h2-3,8-9,15H,4-7H2,1H3,(H,17,18). The summed E-state index contributed by atoms with van der Waals surface area (Å²) in [7, 11) is -2.11. The Morgan fingerprint density at radius 3 is 2.57 bits per heavy atom. The summed E-state index contributed by atoms with van der Waals surface area (Å²) in [4.78, 5) is 11.2. The SMILES string of the molecule is CN(C1CCNCC1)S(=O)(=O)c1ccc(I)c(C(=O)O)c1. The molecule has 0 aliphatic carbocycles. The van der Waals surface area contributed by atoms with Gasteiger partial charge in [0.2, 0.25) is 10.0 Å². The minimum atomic E-state index is -3.67. The van der Waals surface area contributed by atoms with E-state index in [1.165, 1.54) is 22.5 Å². The Bertz CT molecular complexity index is 642. The topological polar surface area (TPSA) is 86.7 Å². The molecule has 0 unspecified atom stereocenters. The minimum absolute atomic E-state index is 0.00962. The van der Waals surface area contributed by atoms with E-state index in [1.807, 2.05) is 22.6 Å². The van der Waals surface area contributed by atoms with Crippen LogP contribution in [0.1, 0.15) is 23.2 Å². The molecule has 116 valence electrons. The van der Waals surface area contributed by atoms with Crippen molar-refractivity contribution >= 4 is 38.6 Å². The first-order valence-electron chi connectivity index (χ1n) is 6.55. The lowest BCUT2D eigenvalue weighted by Crippen LogP contribution is -2.43. The Labute approximate surface area is 137 Å². The van der Waals surface area contributed by atoms with Crippen LogP contribution in [0.25, 0.3) is 0 Å². The molecule has 0 bridgehead atoms. The van der Waals surface area contributed by atoms with Gasteiger partial charge in [0.15, 0.2) is 0 Å². The molecule has 2 N–H and O–H groups in total. The molecule has 6 nitrogen and oxygen atoms in total. The number of nitrogens with zero attached hydrogens (tertiary/aromatic N) is 1. The molecule has 0 aromatic heterocycles. The van der Waals surface area contributed by atoms with Crippen molar-refractivity contribution in [2.24, 2.45) is 0 Å². The van der Waals surface area contributed by atoms with E-state index < -0.39 is 16.0 Å². The van der Waals surface area contributed by atoms with Crippen LogP contribution in [0.2, 0.25) is 0 Å². The first-order valence-corrected chi connectivity index (χ1v) is 9.07. The summed E-state index contributed by atoms with van der Waals surface area (Å²) in [6.45, 7) is 1.58. The Morgan fingerprint density at radius 1 is 1.38 bits per heavy atom. The van der Waals surface area contributed by atoms with Crippen LogP contribution in [0.5, 0.6) is 0 Å². The number of benzene rings is 1. The summed E-state index contributed by atoms with van der Waals surface area (Å²) in [6.07, 6.45) is 1.51. The number of carboxylic acids is 1. The van der Waals surface area contributed by atoms with E-state index >= 15 is 0 Å². The molecule has 1 aliphatic heterocycles. The molecule has 1 aromatic rings. The van der Waals surface area contributed by atoms with E-state index in [0.717, 1.165) is 25.9 Å². The Hall–Kier alpha value is -0.710. The summed E-state index contributed by atoms with van der Waals surface area (Å²) in [5.41, 5.74) is 0.00962. The summed E-state index contributed by atoms with van der Waals surface area (Å²) in [6, 6.07) is 4.16. The molecule has 1 fully saturated rings. The van der Waals surface area contributed by atoms with Crippen molar-refractivity contribution in [1.29, 1.82) is 0 Å². The second kappa shape index (κ2) is 6.59. The third kappa shape index (κ3) is 3.55. The molecule has 0 amide bonds. The number of halogens is 1. The fourth-order valence-corrected chi connectivity index (χ4v) is 4.37. The molecular weight excluding hydrogens is 407 g/mol. The van der Waals surface area contributed by atoms with Crippen LogP contribution in [0.3, 0.4) is 0 Å². The molecule has 1 aliphatic rings. The second-order valence-electron chi connectivity index (χ2n) is 4.95. The highest BCUT2D eigenvalue weighted by Gasteiger charge is 2.29. The quantitative estimate of drug-likeness (QED) is 0.714. The van der Waals surface area contributed by atoms with Crippen LogP contribution in [-0.4, -0.2) is 50.0 Å². The number of aromatic carboxylic acids is 1. The summed E-state index contributed by atoms with van der Waals surface area (Å²) >= 11 is 1.88. The van der Waals surface area contributed by atoms with Crippen molar-refractivity contribution in [3.63, 3.8) is 0 Å². The molecule has 1 aromatic carbocycles. The molecule has 2 rings (SSSR count). The van der Waals surface area contributed by atoms with Gasteiger partial charge in [-0.1, -0.05) is 0 Å². The van der Waals surface area contributed by atoms with E-state index in [2.05, 4.69) is 5.32 Å². The molecule has 0 spiro atoms. The number of piperidine rings is 1. The summed E-state index contributed by atoms with van der Waals surface area (Å²) < 4.78 is 27.1. The molecule has 1 heterocycles. The third-order valence-corrected chi connectivity index (χ3v) is 6.51. The average molecular weight is 424 g/mol. The maximum absolute atomic E-state index is 12.6. The first kappa shape index (κ1) is 16.7. The van der Waals surface area contributed by atoms with E-state index in [-0.39, 0.29) is 16.5 Å². The smallest absolute Gasteiger partial charge is 0.336 e. The van der Waals surface area contributed by atoms with Gasteiger partial charge >= 0.3 is 5.97 Å². The molecule has 0 radical (unpaired) electrons. The van der Waals surface area contributed by atoms with E-state index in [9.17, 15) is 13.2 Å². The minimum Gasteiger partial charge on any atom is -0.478 e. The number of carbonyl (C=O) groups is 1. The summed E-state index contributed by atoms with van der Waals surface area (Å²) in [5.74, 6) is -1.12. The zero-order valence-corrected chi connectivity index (χ0v) is 14.5. The van der Waals surface area contributed by atoms with E-state index in [4.69, 9.17) is 5.11 Å². The van der Waals surface area contributed by atoms with Crippen LogP contribution in [-0.2, 0) is 10.0 Å². The van der Waals surface area contributed by atoms with Crippen molar-refractivity contribution in [3.05, 3.63) is 27.3 Å². The van der Waals surface area contributed by atoms with Gasteiger partial charge in [-0.15, -0.1) is 0 Å². The maximum Gasteiger partial charge on any atom is 0.336 e. The molecule has 0 saturated carbocycles. The van der Waals surface area contributed by atoms with Crippen LogP contribution in [0, 0.1) is 3.57 Å². The van der Waals surface area contributed by atoms with Gasteiger partial charge in [0, 0.05) is 16.7 Å². The Morgan fingerprint density at radius 2 is 2.00 bits per heavy atom. The van der Waals surface area contributed by atoms with Crippen LogP contribution >= 0.6 is 22.6 Å². The van der Waals surface area contributed by atoms with Crippen LogP contribution < -0.4 is 5.32 Å². The first-order chi connectivity index (χ1) is 9.84. The van der Waals surface area contributed by atoms with Crippen LogP contribution in [0.15, 0.2) is 23.1 Å². The van der Waals surface area contributed by atoms with Gasteiger partial charge in [0.25, 0.3) is 0 Å². The molecule has 0 atom stereocenters. The van der Waals surface area contributed by atoms with Crippen molar-refractivity contribution in [1.82, 2.24) is 9.62 Å². The van der Waals surface area contributed by atoms with Gasteiger partial charge in [-0.25, -0.2) is 13.2 Å². The molecule has 1 saturated heterocycles. The van der Waals surface area contributed by atoms with E-state index in [1.54, 1.807) is 7.05 Å². The zero-order valence-electron chi connectivity index (χ0n) is 11.5. The van der Waals surface area contributed by atoms with Crippen molar-refractivity contribution < 1.29 is 18.3 Å². The number of rotatable bonds is 4. The molecule has 8 heteroatoms. The van der Waals surface area contributed by atoms with Gasteiger partial charge < -0.3 is 10.4 Å². The number of carboxylic acid groups (broad SMARTS) is 1. The monoisotopic (exact) mass is 424 g/mol. The number of sulfonamides is 1. The molecular formula is C13H17IN2O4S. The lowest BCUT2D eigenvalue weighted by molar-refractivity contribution is 0.0695. The van der Waals surface area contributed by atoms with Crippen molar-refractivity contribution in [3.8, 4) is 0 Å². The zero-order chi connectivity index (χ0) is 15.6. The maximum atomic E-state index is 12.6. The highest BCUT2D eigenvalue weighted by atomic mass is 127. The Kier molecular flexibility index (Phi) is 5.23. The fraction of sp³-hybridized carbons (Fsp3) is 0.462. The number of nitrogens with one attached hydrogen (secondary N) is 1. The van der Waals surface area contributed by atoms with Gasteiger partial charge in [0.1, 0.15) is 0 Å². The summed E-state index contributed by atoms with van der Waals surface area (Å²) in [5, 5.41) is 12.3. The number of hydrogen-bond donors (Lipinski definition) is 2. The number of hydrogen-bond acceptors (Lipinski definition) is 4. The van der Waals surface area contributed by atoms with Gasteiger partial charge in [-0.05, 0) is 66.7 Å². The molecule has 21 heavy (non-hydrogen) atoms. The third-order valence-electron chi connectivity index (χ3n) is 3.67. The lowest BCUT2D eigenvalue weighted by atomic mass is 10.1. The normalized spacial score (nSPS) is 17.1. The lowest BCUT2D eigenvalue weighted by Gasteiger charge is -2.30. The van der Waals surface area contributed by atoms with Crippen molar-refractivity contribution in [2.45, 2.75) is 23.8 Å². The van der Waals surface area contributed by atoms with Gasteiger partial charge in [-0.3, -0.25) is 0 Å². The van der Waals surface area contributed by atoms with Gasteiger partial charge in [0.05, 0.1) is 10.5 Å². The second-order valence-corrected chi connectivity index (χ2v) is 8.11. The van der Waals surface area contributed by atoms with Crippen molar-refractivity contribution in [2.75, 3.05) is 20.1 Å². The predicted octanol–water partition coefficient (Wildman–Crippen LogP) is 1.36.